The molecule has 6 nitrogen and oxygen atoms in total. The van der Waals surface area contributed by atoms with Crippen LogP contribution in [0.3, 0.4) is 0 Å². The van der Waals surface area contributed by atoms with Crippen LogP contribution >= 0.6 is 0 Å². The first-order valence-corrected chi connectivity index (χ1v) is 4.34. The van der Waals surface area contributed by atoms with Gasteiger partial charge < -0.3 is 10.0 Å². The average molecular weight is 211 g/mol. The highest BCUT2D eigenvalue weighted by Gasteiger charge is 2.19. The molecular formula is C9H13N3O3. The molecule has 0 aromatic carbocycles. The van der Waals surface area contributed by atoms with Gasteiger partial charge in [0.15, 0.2) is 5.69 Å². The van der Waals surface area contributed by atoms with Gasteiger partial charge in [-0.05, 0) is 6.92 Å². The Morgan fingerprint density at radius 2 is 2.00 bits per heavy atom. The van der Waals surface area contributed by atoms with E-state index in [0.717, 1.165) is 0 Å². The van der Waals surface area contributed by atoms with E-state index in [2.05, 4.69) is 4.98 Å². The Labute approximate surface area is 86.8 Å². The van der Waals surface area contributed by atoms with Gasteiger partial charge in [0.1, 0.15) is 5.82 Å². The molecule has 0 fully saturated rings. The molecule has 0 atom stereocenters. The second-order valence-corrected chi connectivity index (χ2v) is 3.42. The largest absolute Gasteiger partial charge is 0.501 e. The Kier molecular flexibility index (Phi) is 2.78. The van der Waals surface area contributed by atoms with Crippen LogP contribution < -0.4 is 5.56 Å². The van der Waals surface area contributed by atoms with Gasteiger partial charge in [0, 0.05) is 21.1 Å². The van der Waals surface area contributed by atoms with Gasteiger partial charge in [-0.15, -0.1) is 0 Å². The third-order valence-electron chi connectivity index (χ3n) is 2.10. The monoisotopic (exact) mass is 211 g/mol. The van der Waals surface area contributed by atoms with Crippen LogP contribution in [0.2, 0.25) is 0 Å². The highest BCUT2D eigenvalue weighted by atomic mass is 16.3. The van der Waals surface area contributed by atoms with E-state index in [1.165, 1.54) is 30.6 Å². The Morgan fingerprint density at radius 3 is 2.47 bits per heavy atom. The normalized spacial score (nSPS) is 10.1. The molecule has 0 aliphatic heterocycles. The fraction of sp³-hybridized carbons (Fsp3) is 0.444. The number of hydrogen-bond acceptors (Lipinski definition) is 4. The number of amides is 1. The number of aromatic nitrogens is 2. The third kappa shape index (κ3) is 1.83. The van der Waals surface area contributed by atoms with Gasteiger partial charge in [-0.1, -0.05) is 0 Å². The molecule has 0 bridgehead atoms. The molecule has 0 unspecified atom stereocenters. The lowest BCUT2D eigenvalue weighted by molar-refractivity contribution is 0.0817. The van der Waals surface area contributed by atoms with Gasteiger partial charge in [-0.2, -0.15) is 0 Å². The molecule has 1 rings (SSSR count). The summed E-state index contributed by atoms with van der Waals surface area (Å²) in [4.78, 5) is 28.1. The van der Waals surface area contributed by atoms with Crippen molar-refractivity contribution in [2.45, 2.75) is 6.92 Å². The van der Waals surface area contributed by atoms with Crippen molar-refractivity contribution in [3.8, 4) is 5.75 Å². The lowest BCUT2D eigenvalue weighted by Crippen LogP contribution is -2.28. The average Bonchev–Trinajstić information content (AvgIpc) is 2.19. The molecule has 1 heterocycles. The SMILES string of the molecule is Cc1nc(C(=O)N(C)C)c(O)c(=O)n1C. The quantitative estimate of drug-likeness (QED) is 0.679. The van der Waals surface area contributed by atoms with Crippen LogP contribution in [0.5, 0.6) is 5.75 Å². The first-order valence-electron chi connectivity index (χ1n) is 4.34. The fourth-order valence-electron chi connectivity index (χ4n) is 1.06. The number of carbonyl (C=O) groups is 1. The van der Waals surface area contributed by atoms with Crippen molar-refractivity contribution < 1.29 is 9.90 Å². The highest BCUT2D eigenvalue weighted by Crippen LogP contribution is 2.10. The topological polar surface area (TPSA) is 75.4 Å². The van der Waals surface area contributed by atoms with Crippen LogP contribution in [-0.4, -0.2) is 39.6 Å². The van der Waals surface area contributed by atoms with Gasteiger partial charge in [0.2, 0.25) is 5.75 Å². The number of hydrogen-bond donors (Lipinski definition) is 1. The molecule has 6 heteroatoms. The summed E-state index contributed by atoms with van der Waals surface area (Å²) in [7, 11) is 4.53. The summed E-state index contributed by atoms with van der Waals surface area (Å²) in [6.45, 7) is 1.59. The summed E-state index contributed by atoms with van der Waals surface area (Å²) in [5.74, 6) is -0.724. The Morgan fingerprint density at radius 1 is 1.47 bits per heavy atom. The zero-order chi connectivity index (χ0) is 11.7. The molecule has 0 spiro atoms. The Bertz CT molecular complexity index is 462. The van der Waals surface area contributed by atoms with Crippen molar-refractivity contribution in [3.63, 3.8) is 0 Å². The molecule has 15 heavy (non-hydrogen) atoms. The molecule has 1 amide bonds. The van der Waals surface area contributed by atoms with Crippen LogP contribution in [0.15, 0.2) is 4.79 Å². The molecule has 0 aliphatic rings. The Balaban J connectivity index is 3.46. The lowest BCUT2D eigenvalue weighted by Gasteiger charge is -2.12. The van der Waals surface area contributed by atoms with Crippen molar-refractivity contribution in [1.29, 1.82) is 0 Å². The van der Waals surface area contributed by atoms with Crippen LogP contribution in [0.25, 0.3) is 0 Å². The van der Waals surface area contributed by atoms with Crippen LogP contribution in [-0.2, 0) is 7.05 Å². The Hall–Kier alpha value is -1.85. The molecule has 0 saturated heterocycles. The van der Waals surface area contributed by atoms with Crippen molar-refractivity contribution in [3.05, 3.63) is 21.9 Å². The smallest absolute Gasteiger partial charge is 0.296 e. The summed E-state index contributed by atoms with van der Waals surface area (Å²) in [6.07, 6.45) is 0. The minimum absolute atomic E-state index is 0.208. The molecule has 0 aliphatic carbocycles. The zero-order valence-corrected chi connectivity index (χ0v) is 9.11. The maximum atomic E-state index is 11.5. The van der Waals surface area contributed by atoms with E-state index in [1.54, 1.807) is 6.92 Å². The maximum absolute atomic E-state index is 11.5. The maximum Gasteiger partial charge on any atom is 0.296 e. The molecule has 0 radical (unpaired) electrons. The van der Waals surface area contributed by atoms with E-state index >= 15 is 0 Å². The first kappa shape index (κ1) is 11.2. The van der Waals surface area contributed by atoms with Crippen molar-refractivity contribution >= 4 is 5.91 Å². The molecule has 1 N–H and O–H groups in total. The number of nitrogens with zero attached hydrogens (tertiary/aromatic N) is 3. The minimum Gasteiger partial charge on any atom is -0.501 e. The van der Waals surface area contributed by atoms with Gasteiger partial charge in [-0.25, -0.2) is 4.98 Å². The molecular weight excluding hydrogens is 198 g/mol. The van der Waals surface area contributed by atoms with Crippen molar-refractivity contribution in [2.24, 2.45) is 7.05 Å². The number of aromatic hydroxyl groups is 1. The third-order valence-corrected chi connectivity index (χ3v) is 2.10. The first-order chi connectivity index (χ1) is 6.86. The van der Waals surface area contributed by atoms with Crippen molar-refractivity contribution in [2.75, 3.05) is 14.1 Å². The van der Waals surface area contributed by atoms with E-state index < -0.39 is 17.2 Å². The zero-order valence-electron chi connectivity index (χ0n) is 9.11. The molecule has 1 aromatic rings. The van der Waals surface area contributed by atoms with Crippen LogP contribution in [0.1, 0.15) is 16.3 Å². The standard InChI is InChI=1S/C9H13N3O3/c1-5-10-6(8(14)11(2)3)7(13)9(15)12(5)4/h13H,1-4H3. The predicted octanol–water partition coefficient (Wildman–Crippen LogP) is -0.504. The second kappa shape index (κ2) is 3.72. The van der Waals surface area contributed by atoms with Crippen LogP contribution in [0, 0.1) is 6.92 Å². The number of carbonyl (C=O) groups excluding carboxylic acids is 1. The molecule has 82 valence electrons. The predicted molar refractivity (Wildman–Crippen MR) is 53.9 cm³/mol. The number of aryl methyl sites for hydroxylation is 1. The second-order valence-electron chi connectivity index (χ2n) is 3.42. The summed E-state index contributed by atoms with van der Waals surface area (Å²) in [5.41, 5.74) is -0.826. The minimum atomic E-state index is -0.618. The number of rotatable bonds is 1. The van der Waals surface area contributed by atoms with Gasteiger partial charge in [-0.3, -0.25) is 14.2 Å². The van der Waals surface area contributed by atoms with Gasteiger partial charge in [0.05, 0.1) is 0 Å². The van der Waals surface area contributed by atoms with E-state index in [-0.39, 0.29) is 5.69 Å². The summed E-state index contributed by atoms with van der Waals surface area (Å²) in [5, 5.41) is 9.48. The van der Waals surface area contributed by atoms with Gasteiger partial charge >= 0.3 is 0 Å². The van der Waals surface area contributed by atoms with E-state index in [9.17, 15) is 14.7 Å². The lowest BCUT2D eigenvalue weighted by atomic mass is 10.3. The summed E-state index contributed by atoms with van der Waals surface area (Å²) >= 11 is 0. The fourth-order valence-corrected chi connectivity index (χ4v) is 1.06. The summed E-state index contributed by atoms with van der Waals surface area (Å²) in [6, 6.07) is 0. The van der Waals surface area contributed by atoms with Crippen LogP contribution in [0.4, 0.5) is 0 Å². The van der Waals surface area contributed by atoms with E-state index in [0.29, 0.717) is 5.82 Å². The molecule has 1 aromatic heterocycles. The molecule has 0 saturated carbocycles. The van der Waals surface area contributed by atoms with E-state index in [4.69, 9.17) is 0 Å². The van der Waals surface area contributed by atoms with Gasteiger partial charge in [0.25, 0.3) is 11.5 Å². The highest BCUT2D eigenvalue weighted by molar-refractivity contribution is 5.94. The van der Waals surface area contributed by atoms with E-state index in [1.807, 2.05) is 0 Å². The summed E-state index contributed by atoms with van der Waals surface area (Å²) < 4.78 is 1.18. The van der Waals surface area contributed by atoms with Crippen molar-refractivity contribution in [1.82, 2.24) is 14.5 Å².